The quantitative estimate of drug-likeness (QED) is 0.624. The molecule has 0 bridgehead atoms. The highest BCUT2D eigenvalue weighted by molar-refractivity contribution is 6.37. The normalized spacial score (nSPS) is 11.2. The molecule has 3 aromatic rings. The van der Waals surface area contributed by atoms with Crippen molar-refractivity contribution < 1.29 is 0 Å². The Morgan fingerprint density at radius 1 is 1.05 bits per heavy atom. The standard InChI is InChI=1S/C14H10Cl3N3/c1-6-11-13(19-7(2)20-14(11)17)12(18-6)9-4-3-8(15)5-10(9)16/h3-5,18H,1-2H3. The Bertz CT molecular complexity index is 824. The molecule has 0 amide bonds. The number of aromatic nitrogens is 3. The highest BCUT2D eigenvalue weighted by Crippen LogP contribution is 2.36. The van der Waals surface area contributed by atoms with Crippen LogP contribution in [0.3, 0.4) is 0 Å². The number of aryl methyl sites for hydroxylation is 2. The minimum absolute atomic E-state index is 0.442. The van der Waals surface area contributed by atoms with E-state index < -0.39 is 0 Å². The number of halogens is 3. The summed E-state index contributed by atoms with van der Waals surface area (Å²) in [6.07, 6.45) is 0. The molecule has 6 heteroatoms. The van der Waals surface area contributed by atoms with Crippen molar-refractivity contribution in [2.45, 2.75) is 13.8 Å². The zero-order chi connectivity index (χ0) is 14.4. The minimum Gasteiger partial charge on any atom is -0.356 e. The van der Waals surface area contributed by atoms with Gasteiger partial charge in [0, 0.05) is 16.3 Å². The second kappa shape index (κ2) is 4.92. The molecule has 2 aromatic heterocycles. The van der Waals surface area contributed by atoms with Crippen molar-refractivity contribution in [3.05, 3.63) is 44.9 Å². The van der Waals surface area contributed by atoms with Crippen molar-refractivity contribution in [1.82, 2.24) is 15.0 Å². The number of nitrogens with one attached hydrogen (secondary N) is 1. The van der Waals surface area contributed by atoms with Crippen LogP contribution in [0.4, 0.5) is 0 Å². The molecule has 0 spiro atoms. The van der Waals surface area contributed by atoms with Gasteiger partial charge in [0.25, 0.3) is 0 Å². The Morgan fingerprint density at radius 2 is 1.80 bits per heavy atom. The van der Waals surface area contributed by atoms with Gasteiger partial charge in [-0.05, 0) is 32.0 Å². The molecule has 0 aliphatic rings. The summed E-state index contributed by atoms with van der Waals surface area (Å²) in [5, 5.41) is 2.42. The first-order chi connectivity index (χ1) is 9.47. The Hall–Kier alpha value is -1.29. The van der Waals surface area contributed by atoms with Crippen molar-refractivity contribution in [3.8, 4) is 11.3 Å². The molecule has 1 aromatic carbocycles. The molecule has 3 nitrogen and oxygen atoms in total. The van der Waals surface area contributed by atoms with E-state index in [4.69, 9.17) is 34.8 Å². The van der Waals surface area contributed by atoms with E-state index in [1.165, 1.54) is 0 Å². The van der Waals surface area contributed by atoms with Crippen molar-refractivity contribution in [2.75, 3.05) is 0 Å². The summed E-state index contributed by atoms with van der Waals surface area (Å²) in [6, 6.07) is 5.36. The third kappa shape index (κ3) is 2.16. The highest BCUT2D eigenvalue weighted by atomic mass is 35.5. The van der Waals surface area contributed by atoms with Gasteiger partial charge in [-0.3, -0.25) is 0 Å². The Balaban J connectivity index is 2.37. The van der Waals surface area contributed by atoms with E-state index in [-0.39, 0.29) is 0 Å². The number of rotatable bonds is 1. The van der Waals surface area contributed by atoms with Gasteiger partial charge in [-0.25, -0.2) is 9.97 Å². The molecular formula is C14H10Cl3N3. The predicted octanol–water partition coefficient (Wildman–Crippen LogP) is 5.20. The maximum Gasteiger partial charge on any atom is 0.142 e. The number of benzene rings is 1. The van der Waals surface area contributed by atoms with Gasteiger partial charge < -0.3 is 4.98 Å². The summed E-state index contributed by atoms with van der Waals surface area (Å²) in [5.41, 5.74) is 3.34. The van der Waals surface area contributed by atoms with E-state index in [0.717, 1.165) is 27.9 Å². The maximum absolute atomic E-state index is 6.27. The largest absolute Gasteiger partial charge is 0.356 e. The van der Waals surface area contributed by atoms with Crippen LogP contribution in [0.2, 0.25) is 15.2 Å². The lowest BCUT2D eigenvalue weighted by molar-refractivity contribution is 1.09. The average molecular weight is 327 g/mol. The summed E-state index contributed by atoms with van der Waals surface area (Å²) < 4.78 is 0. The van der Waals surface area contributed by atoms with Crippen molar-refractivity contribution in [2.24, 2.45) is 0 Å². The average Bonchev–Trinajstić information content (AvgIpc) is 2.66. The summed E-state index contributed by atoms with van der Waals surface area (Å²) in [6.45, 7) is 3.74. The monoisotopic (exact) mass is 325 g/mol. The van der Waals surface area contributed by atoms with Gasteiger partial charge in [-0.1, -0.05) is 34.8 Å². The van der Waals surface area contributed by atoms with Crippen molar-refractivity contribution in [3.63, 3.8) is 0 Å². The minimum atomic E-state index is 0.442. The smallest absolute Gasteiger partial charge is 0.142 e. The van der Waals surface area contributed by atoms with E-state index >= 15 is 0 Å². The number of aromatic amines is 1. The third-order valence-electron chi connectivity index (χ3n) is 3.10. The van der Waals surface area contributed by atoms with Crippen LogP contribution in [0.1, 0.15) is 11.5 Å². The number of H-pyrrole nitrogens is 1. The Kier molecular flexibility index (Phi) is 3.36. The van der Waals surface area contributed by atoms with E-state index in [1.54, 1.807) is 19.1 Å². The van der Waals surface area contributed by atoms with Crippen LogP contribution in [0.5, 0.6) is 0 Å². The molecule has 3 rings (SSSR count). The topological polar surface area (TPSA) is 41.6 Å². The lowest BCUT2D eigenvalue weighted by atomic mass is 10.1. The second-order valence-electron chi connectivity index (χ2n) is 4.53. The summed E-state index contributed by atoms with van der Waals surface area (Å²) >= 11 is 18.4. The molecule has 102 valence electrons. The molecule has 0 saturated heterocycles. The van der Waals surface area contributed by atoms with Crippen LogP contribution in [-0.2, 0) is 0 Å². The van der Waals surface area contributed by atoms with Gasteiger partial charge in [0.15, 0.2) is 0 Å². The first-order valence-electron chi connectivity index (χ1n) is 5.95. The van der Waals surface area contributed by atoms with Gasteiger partial charge >= 0.3 is 0 Å². The van der Waals surface area contributed by atoms with E-state index in [2.05, 4.69) is 15.0 Å². The van der Waals surface area contributed by atoms with Crippen LogP contribution in [0, 0.1) is 13.8 Å². The Labute approximate surface area is 130 Å². The van der Waals surface area contributed by atoms with E-state index in [1.807, 2.05) is 13.0 Å². The molecule has 0 saturated carbocycles. The van der Waals surface area contributed by atoms with Crippen molar-refractivity contribution >= 4 is 45.7 Å². The van der Waals surface area contributed by atoms with Gasteiger partial charge in [0.05, 0.1) is 16.1 Å². The van der Waals surface area contributed by atoms with Crippen LogP contribution < -0.4 is 0 Å². The molecular weight excluding hydrogens is 317 g/mol. The SMILES string of the molecule is Cc1nc(Cl)c2c(C)[nH]c(-c3ccc(Cl)cc3Cl)c2n1. The number of nitrogens with zero attached hydrogens (tertiary/aromatic N) is 2. The maximum atomic E-state index is 6.27. The number of fused-ring (bicyclic) bond motifs is 1. The fourth-order valence-corrected chi connectivity index (χ4v) is 3.10. The lowest BCUT2D eigenvalue weighted by Crippen LogP contribution is -1.90. The summed E-state index contributed by atoms with van der Waals surface area (Å²) in [7, 11) is 0. The molecule has 0 aliphatic heterocycles. The zero-order valence-corrected chi connectivity index (χ0v) is 13.0. The highest BCUT2D eigenvalue weighted by Gasteiger charge is 2.17. The lowest BCUT2D eigenvalue weighted by Gasteiger charge is -2.04. The first kappa shape index (κ1) is 13.7. The van der Waals surface area contributed by atoms with Gasteiger partial charge in [-0.2, -0.15) is 0 Å². The van der Waals surface area contributed by atoms with E-state index in [0.29, 0.717) is 21.0 Å². The van der Waals surface area contributed by atoms with Gasteiger partial charge in [0.2, 0.25) is 0 Å². The fraction of sp³-hybridized carbons (Fsp3) is 0.143. The molecule has 2 heterocycles. The number of hydrogen-bond donors (Lipinski definition) is 1. The predicted molar refractivity (Wildman–Crippen MR) is 83.8 cm³/mol. The molecule has 20 heavy (non-hydrogen) atoms. The zero-order valence-electron chi connectivity index (χ0n) is 10.8. The molecule has 0 radical (unpaired) electrons. The second-order valence-corrected chi connectivity index (χ2v) is 5.74. The van der Waals surface area contributed by atoms with Crippen LogP contribution >= 0.6 is 34.8 Å². The third-order valence-corrected chi connectivity index (χ3v) is 3.92. The first-order valence-corrected chi connectivity index (χ1v) is 7.08. The number of hydrogen-bond acceptors (Lipinski definition) is 2. The molecule has 0 unspecified atom stereocenters. The van der Waals surface area contributed by atoms with Crippen molar-refractivity contribution in [1.29, 1.82) is 0 Å². The Morgan fingerprint density at radius 3 is 2.50 bits per heavy atom. The molecule has 0 fully saturated rings. The van der Waals surface area contributed by atoms with Crippen LogP contribution in [-0.4, -0.2) is 15.0 Å². The van der Waals surface area contributed by atoms with Crippen LogP contribution in [0.15, 0.2) is 18.2 Å². The summed E-state index contributed by atoms with van der Waals surface area (Å²) in [4.78, 5) is 11.9. The van der Waals surface area contributed by atoms with E-state index in [9.17, 15) is 0 Å². The molecule has 0 atom stereocenters. The summed E-state index contributed by atoms with van der Waals surface area (Å²) in [5.74, 6) is 0.618. The van der Waals surface area contributed by atoms with Crippen LogP contribution in [0.25, 0.3) is 22.2 Å². The van der Waals surface area contributed by atoms with Gasteiger partial charge in [-0.15, -0.1) is 0 Å². The molecule has 0 aliphatic carbocycles. The van der Waals surface area contributed by atoms with Gasteiger partial charge in [0.1, 0.15) is 16.5 Å². The fourth-order valence-electron chi connectivity index (χ4n) is 2.25. The molecule has 1 N–H and O–H groups in total.